The Bertz CT molecular complexity index is 786. The molecule has 3 aromatic rings. The molecule has 3 heteroatoms. The Hall–Kier alpha value is -2.31. The molecule has 3 rings (SSSR count). The zero-order valence-electron chi connectivity index (χ0n) is 14.9. The second kappa shape index (κ2) is 6.54. The molecule has 25 heavy (non-hydrogen) atoms. The number of benzene rings is 3. The minimum atomic E-state index is -2.39. The van der Waals surface area contributed by atoms with Crippen molar-refractivity contribution in [2.75, 3.05) is 0 Å². The van der Waals surface area contributed by atoms with Gasteiger partial charge in [-0.25, -0.2) is 0 Å². The van der Waals surface area contributed by atoms with Gasteiger partial charge in [0.05, 0.1) is 0 Å². The van der Waals surface area contributed by atoms with Gasteiger partial charge in [0.25, 0.3) is 0 Å². The van der Waals surface area contributed by atoms with Crippen LogP contribution in [0.15, 0.2) is 78.9 Å². The summed E-state index contributed by atoms with van der Waals surface area (Å²) in [6.45, 7) is 6.85. The van der Waals surface area contributed by atoms with E-state index < -0.39 is 7.26 Å². The zero-order valence-corrected chi connectivity index (χ0v) is 15.9. The van der Waals surface area contributed by atoms with Crippen molar-refractivity contribution in [3.05, 3.63) is 78.9 Å². The van der Waals surface area contributed by atoms with Gasteiger partial charge in [0, 0.05) is 0 Å². The molecule has 2 N–H and O–H groups in total. The summed E-state index contributed by atoms with van der Waals surface area (Å²) in [4.78, 5) is 0. The molecule has 130 valence electrons. The van der Waals surface area contributed by atoms with Crippen molar-refractivity contribution in [3.8, 4) is 11.5 Å². The fourth-order valence-corrected chi connectivity index (χ4v) is 9.53. The average Bonchev–Trinajstić information content (AvgIpc) is 2.58. The van der Waals surface area contributed by atoms with Gasteiger partial charge < -0.3 is 0 Å². The third-order valence-electron chi connectivity index (χ3n) is 4.93. The maximum atomic E-state index is 9.79. The van der Waals surface area contributed by atoms with Gasteiger partial charge in [-0.2, -0.15) is 0 Å². The minimum absolute atomic E-state index is 0.0116. The van der Waals surface area contributed by atoms with Crippen molar-refractivity contribution in [2.24, 2.45) is 0 Å². The summed E-state index contributed by atoms with van der Waals surface area (Å²) in [6, 6.07) is 25.9. The molecule has 0 aliphatic heterocycles. The number of phenols is 2. The molecule has 0 bridgehead atoms. The van der Waals surface area contributed by atoms with E-state index in [1.807, 2.05) is 30.3 Å². The van der Waals surface area contributed by atoms with E-state index in [2.05, 4.69) is 45.0 Å². The molecule has 0 saturated heterocycles. The molecule has 0 aliphatic carbocycles. The van der Waals surface area contributed by atoms with E-state index in [1.54, 1.807) is 24.3 Å². The molecule has 0 unspecified atom stereocenters. The molecule has 0 aliphatic rings. The van der Waals surface area contributed by atoms with E-state index >= 15 is 0 Å². The van der Waals surface area contributed by atoms with E-state index in [1.165, 1.54) is 15.9 Å². The van der Waals surface area contributed by atoms with Crippen LogP contribution in [0.1, 0.15) is 20.8 Å². The maximum absolute atomic E-state index is 9.79. The topological polar surface area (TPSA) is 40.5 Å². The van der Waals surface area contributed by atoms with E-state index in [4.69, 9.17) is 0 Å². The Morgan fingerprint density at radius 1 is 0.560 bits per heavy atom. The van der Waals surface area contributed by atoms with Gasteiger partial charge in [-0.1, -0.05) is 0 Å². The summed E-state index contributed by atoms with van der Waals surface area (Å²) in [5.74, 6) is 0.554. The van der Waals surface area contributed by atoms with Gasteiger partial charge in [0.15, 0.2) is 0 Å². The molecular weight excluding hydrogens is 327 g/mol. The van der Waals surface area contributed by atoms with E-state index in [0.717, 1.165) is 0 Å². The van der Waals surface area contributed by atoms with Crippen LogP contribution in [-0.2, 0) is 0 Å². The Labute approximate surface area is 150 Å². The van der Waals surface area contributed by atoms with E-state index in [-0.39, 0.29) is 16.7 Å². The van der Waals surface area contributed by atoms with Crippen molar-refractivity contribution >= 4 is 23.2 Å². The van der Waals surface area contributed by atoms with Crippen molar-refractivity contribution in [1.29, 1.82) is 0 Å². The third kappa shape index (κ3) is 3.03. The van der Waals surface area contributed by atoms with Crippen LogP contribution in [0.3, 0.4) is 0 Å². The molecule has 0 spiro atoms. The first-order valence-corrected chi connectivity index (χ1v) is 10.5. The predicted molar refractivity (Wildman–Crippen MR) is 110 cm³/mol. The van der Waals surface area contributed by atoms with Gasteiger partial charge in [-0.3, -0.25) is 0 Å². The van der Waals surface area contributed by atoms with Gasteiger partial charge in [-0.05, 0) is 0 Å². The van der Waals surface area contributed by atoms with Crippen LogP contribution in [0.4, 0.5) is 0 Å². The summed E-state index contributed by atoms with van der Waals surface area (Å²) < 4.78 is 0. The second-order valence-corrected chi connectivity index (χ2v) is 12.2. The quantitative estimate of drug-likeness (QED) is 0.702. The molecule has 0 atom stereocenters. The fourth-order valence-electron chi connectivity index (χ4n) is 3.91. The van der Waals surface area contributed by atoms with Gasteiger partial charge >= 0.3 is 150 Å². The number of phenolic OH excluding ortho intramolecular Hbond substituents is 2. The van der Waals surface area contributed by atoms with Gasteiger partial charge in [0.2, 0.25) is 0 Å². The summed E-state index contributed by atoms with van der Waals surface area (Å²) >= 11 is 0. The molecule has 3 aromatic carbocycles. The summed E-state index contributed by atoms with van der Waals surface area (Å²) in [5, 5.41) is 23.4. The van der Waals surface area contributed by atoms with E-state index in [0.29, 0.717) is 0 Å². The Morgan fingerprint density at radius 2 is 0.920 bits per heavy atom. The van der Waals surface area contributed by atoms with Gasteiger partial charge in [-0.15, -0.1) is 0 Å². The van der Waals surface area contributed by atoms with Crippen LogP contribution in [0.5, 0.6) is 11.5 Å². The standard InChI is InChI=1S/C22H25O2P/c1-22(2,3)25(19-7-5-4-6-8-19,20-13-9-17(23)10-14-20)21-15-11-18(24)12-16-21/h4-16,23-25H,1-3H3. The summed E-state index contributed by atoms with van der Waals surface area (Å²) in [6.07, 6.45) is 0. The van der Waals surface area contributed by atoms with Crippen LogP contribution in [0.25, 0.3) is 0 Å². The van der Waals surface area contributed by atoms with E-state index in [9.17, 15) is 10.2 Å². The van der Waals surface area contributed by atoms with Crippen molar-refractivity contribution < 1.29 is 10.2 Å². The number of rotatable bonds is 3. The monoisotopic (exact) mass is 352 g/mol. The average molecular weight is 352 g/mol. The summed E-state index contributed by atoms with van der Waals surface area (Å²) in [7, 11) is -2.39. The first-order chi connectivity index (χ1) is 11.9. The second-order valence-electron chi connectivity index (χ2n) is 7.46. The molecule has 0 heterocycles. The molecule has 0 radical (unpaired) electrons. The predicted octanol–water partition coefficient (Wildman–Crippen LogP) is 3.92. The number of hydrogen-bond donors (Lipinski definition) is 2. The molecule has 0 fully saturated rings. The fraction of sp³-hybridized carbons (Fsp3) is 0.182. The molecule has 2 nitrogen and oxygen atoms in total. The Kier molecular flexibility index (Phi) is 4.58. The van der Waals surface area contributed by atoms with Crippen molar-refractivity contribution in [3.63, 3.8) is 0 Å². The first kappa shape index (κ1) is 17.5. The Balaban J connectivity index is 2.40. The van der Waals surface area contributed by atoms with Crippen LogP contribution in [0.2, 0.25) is 0 Å². The first-order valence-electron chi connectivity index (χ1n) is 8.50. The van der Waals surface area contributed by atoms with Crippen molar-refractivity contribution in [2.45, 2.75) is 25.9 Å². The third-order valence-corrected chi connectivity index (χ3v) is 10.8. The van der Waals surface area contributed by atoms with Crippen LogP contribution in [0, 0.1) is 0 Å². The molecule has 0 saturated carbocycles. The summed E-state index contributed by atoms with van der Waals surface area (Å²) in [5.41, 5.74) is 0. The molecule has 0 aromatic heterocycles. The normalized spacial score (nSPS) is 12.8. The molecule has 0 amide bonds. The van der Waals surface area contributed by atoms with Crippen molar-refractivity contribution in [1.82, 2.24) is 0 Å². The van der Waals surface area contributed by atoms with Crippen LogP contribution >= 0.6 is 7.26 Å². The number of hydrogen-bond acceptors (Lipinski definition) is 2. The SMILES string of the molecule is CC(C)(C)[PH](c1ccccc1)(c1ccc(O)cc1)c1ccc(O)cc1. The van der Waals surface area contributed by atoms with Crippen LogP contribution in [-0.4, -0.2) is 15.4 Å². The Morgan fingerprint density at radius 3 is 1.28 bits per heavy atom. The number of aromatic hydroxyl groups is 2. The van der Waals surface area contributed by atoms with Gasteiger partial charge in [0.1, 0.15) is 0 Å². The van der Waals surface area contributed by atoms with Crippen LogP contribution < -0.4 is 15.9 Å². The molecular formula is C22H25O2P. The zero-order chi connectivity index (χ0) is 18.1.